The average molecular weight is 326 g/mol. The number of fused-ring (bicyclic) bond motifs is 1. The predicted molar refractivity (Wildman–Crippen MR) is 92.9 cm³/mol. The van der Waals surface area contributed by atoms with Crippen LogP contribution in [0.5, 0.6) is 0 Å². The average Bonchev–Trinajstić information content (AvgIpc) is 2.95. The summed E-state index contributed by atoms with van der Waals surface area (Å²) >= 11 is 0. The molecule has 0 fully saturated rings. The largest absolute Gasteiger partial charge is 0.478 e. The Hall–Kier alpha value is -2.66. The van der Waals surface area contributed by atoms with Crippen molar-refractivity contribution in [2.24, 2.45) is 0 Å². The van der Waals surface area contributed by atoms with Gasteiger partial charge in [0.15, 0.2) is 0 Å². The summed E-state index contributed by atoms with van der Waals surface area (Å²) in [7, 11) is 4.01. The van der Waals surface area contributed by atoms with Crippen LogP contribution in [0.25, 0.3) is 22.0 Å². The minimum Gasteiger partial charge on any atom is -0.478 e. The molecule has 0 saturated carbocycles. The maximum Gasteiger partial charge on any atom is 0.336 e. The Morgan fingerprint density at radius 3 is 2.71 bits per heavy atom. The Kier molecular flexibility index (Phi) is 4.36. The van der Waals surface area contributed by atoms with Gasteiger partial charge < -0.3 is 15.0 Å². The van der Waals surface area contributed by atoms with Crippen LogP contribution in [0.2, 0.25) is 0 Å². The Labute approximate surface area is 139 Å². The van der Waals surface area contributed by atoms with Crippen LogP contribution in [0.15, 0.2) is 42.6 Å². The molecule has 4 nitrogen and oxygen atoms in total. The zero-order valence-corrected chi connectivity index (χ0v) is 13.6. The van der Waals surface area contributed by atoms with Crippen LogP contribution in [0.1, 0.15) is 15.9 Å². The maximum absolute atomic E-state index is 13.8. The molecule has 1 aromatic heterocycles. The number of H-pyrrole nitrogens is 1. The summed E-state index contributed by atoms with van der Waals surface area (Å²) in [5, 5.41) is 10.4. The molecule has 0 unspecified atom stereocenters. The molecule has 0 aliphatic carbocycles. The Morgan fingerprint density at radius 1 is 1.21 bits per heavy atom. The smallest absolute Gasteiger partial charge is 0.336 e. The highest BCUT2D eigenvalue weighted by Crippen LogP contribution is 2.34. The van der Waals surface area contributed by atoms with E-state index in [-0.39, 0.29) is 5.56 Å². The SMILES string of the molecule is CN(C)CCc1c[nH]c2cccc(-c3cc(F)ccc3C(=O)O)c12. The number of aromatic carboxylic acids is 1. The van der Waals surface area contributed by atoms with Crippen LogP contribution in [-0.2, 0) is 6.42 Å². The second-order valence-electron chi connectivity index (χ2n) is 6.09. The predicted octanol–water partition coefficient (Wildman–Crippen LogP) is 3.78. The van der Waals surface area contributed by atoms with Gasteiger partial charge in [-0.1, -0.05) is 12.1 Å². The van der Waals surface area contributed by atoms with Crippen LogP contribution in [-0.4, -0.2) is 41.6 Å². The van der Waals surface area contributed by atoms with Gasteiger partial charge in [0.05, 0.1) is 5.56 Å². The fourth-order valence-electron chi connectivity index (χ4n) is 2.95. The highest BCUT2D eigenvalue weighted by molar-refractivity contribution is 6.04. The molecule has 0 amide bonds. The maximum atomic E-state index is 13.8. The van der Waals surface area contributed by atoms with E-state index in [1.165, 1.54) is 18.2 Å². The number of benzene rings is 2. The van der Waals surface area contributed by atoms with Crippen molar-refractivity contribution in [3.8, 4) is 11.1 Å². The van der Waals surface area contributed by atoms with Crippen LogP contribution in [0.3, 0.4) is 0 Å². The Balaban J connectivity index is 2.22. The van der Waals surface area contributed by atoms with E-state index < -0.39 is 11.8 Å². The lowest BCUT2D eigenvalue weighted by molar-refractivity contribution is 0.0697. The van der Waals surface area contributed by atoms with E-state index in [9.17, 15) is 14.3 Å². The van der Waals surface area contributed by atoms with Crippen molar-refractivity contribution in [2.45, 2.75) is 6.42 Å². The number of carbonyl (C=O) groups is 1. The number of hydrogen-bond donors (Lipinski definition) is 2. The summed E-state index contributed by atoms with van der Waals surface area (Å²) < 4.78 is 13.8. The molecule has 0 saturated heterocycles. The van der Waals surface area contributed by atoms with Gasteiger partial charge in [0.1, 0.15) is 5.82 Å². The summed E-state index contributed by atoms with van der Waals surface area (Å²) in [5.74, 6) is -1.51. The summed E-state index contributed by atoms with van der Waals surface area (Å²) in [5.41, 5.74) is 3.25. The summed E-state index contributed by atoms with van der Waals surface area (Å²) in [6, 6.07) is 9.42. The highest BCUT2D eigenvalue weighted by Gasteiger charge is 2.17. The fourth-order valence-corrected chi connectivity index (χ4v) is 2.95. The van der Waals surface area contributed by atoms with Gasteiger partial charge in [-0.15, -0.1) is 0 Å². The molecule has 0 spiro atoms. The third-order valence-electron chi connectivity index (χ3n) is 4.12. The number of rotatable bonds is 5. The summed E-state index contributed by atoms with van der Waals surface area (Å²) in [6.45, 7) is 0.871. The standard InChI is InChI=1S/C19H19FN2O2/c1-22(2)9-8-12-11-21-17-5-3-4-14(18(12)17)16-10-13(20)6-7-15(16)19(23)24/h3-7,10-11,21H,8-9H2,1-2H3,(H,23,24). The third-order valence-corrected chi connectivity index (χ3v) is 4.12. The van der Waals surface area contributed by atoms with Crippen molar-refractivity contribution in [1.29, 1.82) is 0 Å². The molecule has 0 aliphatic heterocycles. The number of nitrogens with zero attached hydrogens (tertiary/aromatic N) is 1. The zero-order chi connectivity index (χ0) is 17.3. The molecule has 5 heteroatoms. The second kappa shape index (κ2) is 6.45. The number of nitrogens with one attached hydrogen (secondary N) is 1. The number of hydrogen-bond acceptors (Lipinski definition) is 2. The van der Waals surface area contributed by atoms with Gasteiger partial charge in [-0.25, -0.2) is 9.18 Å². The molecule has 2 aromatic carbocycles. The first-order valence-corrected chi connectivity index (χ1v) is 7.74. The number of carboxylic acids is 1. The number of aromatic nitrogens is 1. The number of aromatic amines is 1. The van der Waals surface area contributed by atoms with Crippen LogP contribution in [0, 0.1) is 5.82 Å². The molecule has 0 bridgehead atoms. The van der Waals surface area contributed by atoms with E-state index in [4.69, 9.17) is 0 Å². The second-order valence-corrected chi connectivity index (χ2v) is 6.09. The van der Waals surface area contributed by atoms with Crippen molar-refractivity contribution in [3.63, 3.8) is 0 Å². The lowest BCUT2D eigenvalue weighted by atomic mass is 9.94. The molecular weight excluding hydrogens is 307 g/mol. The summed E-state index contributed by atoms with van der Waals surface area (Å²) in [4.78, 5) is 16.9. The molecule has 1 heterocycles. The first-order valence-electron chi connectivity index (χ1n) is 7.74. The van der Waals surface area contributed by atoms with Crippen LogP contribution >= 0.6 is 0 Å². The van der Waals surface area contributed by atoms with Gasteiger partial charge in [-0.05, 0) is 61.5 Å². The number of halogens is 1. The van der Waals surface area contributed by atoms with Gasteiger partial charge >= 0.3 is 5.97 Å². The van der Waals surface area contributed by atoms with E-state index in [0.717, 1.165) is 35.0 Å². The molecule has 124 valence electrons. The topological polar surface area (TPSA) is 56.3 Å². The Morgan fingerprint density at radius 2 is 2.00 bits per heavy atom. The van der Waals surface area contributed by atoms with Crippen molar-refractivity contribution >= 4 is 16.9 Å². The molecular formula is C19H19FN2O2. The summed E-state index contributed by atoms with van der Waals surface area (Å²) in [6.07, 6.45) is 2.76. The van der Waals surface area contributed by atoms with E-state index in [2.05, 4.69) is 9.88 Å². The normalized spacial score (nSPS) is 11.3. The van der Waals surface area contributed by atoms with E-state index >= 15 is 0 Å². The first kappa shape index (κ1) is 16.2. The van der Waals surface area contributed by atoms with Crippen molar-refractivity contribution in [1.82, 2.24) is 9.88 Å². The molecule has 3 aromatic rings. The van der Waals surface area contributed by atoms with Gasteiger partial charge in [0, 0.05) is 23.6 Å². The molecule has 0 atom stereocenters. The lowest BCUT2D eigenvalue weighted by Crippen LogP contribution is -2.14. The molecule has 2 N–H and O–H groups in total. The number of carboxylic acid groups (broad SMARTS) is 1. The molecule has 0 aliphatic rings. The Bertz CT molecular complexity index is 900. The third kappa shape index (κ3) is 3.03. The molecule has 0 radical (unpaired) electrons. The van der Waals surface area contributed by atoms with Gasteiger partial charge in [-0.3, -0.25) is 0 Å². The molecule has 3 rings (SSSR count). The fraction of sp³-hybridized carbons (Fsp3) is 0.211. The van der Waals surface area contributed by atoms with E-state index in [1.807, 2.05) is 38.5 Å². The van der Waals surface area contributed by atoms with Crippen molar-refractivity contribution in [3.05, 3.63) is 59.5 Å². The lowest BCUT2D eigenvalue weighted by Gasteiger charge is -2.12. The first-order chi connectivity index (χ1) is 11.5. The van der Waals surface area contributed by atoms with Gasteiger partial charge in [0.25, 0.3) is 0 Å². The van der Waals surface area contributed by atoms with Crippen LogP contribution in [0.4, 0.5) is 4.39 Å². The molecule has 24 heavy (non-hydrogen) atoms. The van der Waals surface area contributed by atoms with E-state index in [1.54, 1.807) is 0 Å². The van der Waals surface area contributed by atoms with Gasteiger partial charge in [-0.2, -0.15) is 0 Å². The van der Waals surface area contributed by atoms with Gasteiger partial charge in [0.2, 0.25) is 0 Å². The number of likely N-dealkylation sites (N-methyl/N-ethyl adjacent to an activating group) is 1. The quantitative estimate of drug-likeness (QED) is 0.750. The minimum absolute atomic E-state index is 0.101. The van der Waals surface area contributed by atoms with E-state index in [0.29, 0.717) is 5.56 Å². The monoisotopic (exact) mass is 326 g/mol. The van der Waals surface area contributed by atoms with Crippen molar-refractivity contribution in [2.75, 3.05) is 20.6 Å². The van der Waals surface area contributed by atoms with Crippen LogP contribution < -0.4 is 0 Å². The minimum atomic E-state index is -1.06. The van der Waals surface area contributed by atoms with Crippen molar-refractivity contribution < 1.29 is 14.3 Å². The highest BCUT2D eigenvalue weighted by atomic mass is 19.1. The zero-order valence-electron chi connectivity index (χ0n) is 13.6.